The van der Waals surface area contributed by atoms with Crippen molar-refractivity contribution >= 4 is 17.3 Å². The van der Waals surface area contributed by atoms with Crippen LogP contribution in [0.5, 0.6) is 0 Å². The molecule has 0 aliphatic heterocycles. The summed E-state index contributed by atoms with van der Waals surface area (Å²) < 4.78 is 5.19. The highest BCUT2D eigenvalue weighted by Gasteiger charge is 2.22. The van der Waals surface area contributed by atoms with Gasteiger partial charge in [-0.25, -0.2) is 9.97 Å². The van der Waals surface area contributed by atoms with E-state index in [4.69, 9.17) is 4.42 Å². The Morgan fingerprint density at radius 3 is 2.70 bits per heavy atom. The Kier molecular flexibility index (Phi) is 4.48. The Bertz CT molecular complexity index is 570. The molecule has 2 aromatic rings. The van der Waals surface area contributed by atoms with Crippen LogP contribution in [0.3, 0.4) is 0 Å². The molecule has 2 heterocycles. The van der Waals surface area contributed by atoms with E-state index in [0.717, 1.165) is 5.76 Å². The second-order valence-corrected chi connectivity index (χ2v) is 3.96. The quantitative estimate of drug-likeness (QED) is 0.589. The third-order valence-corrected chi connectivity index (χ3v) is 2.59. The Labute approximate surface area is 115 Å². The molecule has 106 valence electrons. The SMILES string of the molecule is CCNc1ncnc(NCCc2ccco2)c1[N+](=O)[O-]. The molecule has 0 fully saturated rings. The maximum absolute atomic E-state index is 11.1. The smallest absolute Gasteiger partial charge is 0.353 e. The predicted molar refractivity (Wildman–Crippen MR) is 73.8 cm³/mol. The van der Waals surface area contributed by atoms with Crippen molar-refractivity contribution in [2.45, 2.75) is 13.3 Å². The van der Waals surface area contributed by atoms with E-state index >= 15 is 0 Å². The van der Waals surface area contributed by atoms with E-state index in [1.165, 1.54) is 6.33 Å². The monoisotopic (exact) mass is 277 g/mol. The number of nitro groups is 1. The summed E-state index contributed by atoms with van der Waals surface area (Å²) in [5.41, 5.74) is -0.145. The van der Waals surface area contributed by atoms with Gasteiger partial charge in [0.25, 0.3) is 0 Å². The van der Waals surface area contributed by atoms with Gasteiger partial charge in [0.2, 0.25) is 11.6 Å². The zero-order valence-electron chi connectivity index (χ0n) is 11.0. The van der Waals surface area contributed by atoms with Crippen LogP contribution in [0.15, 0.2) is 29.1 Å². The van der Waals surface area contributed by atoms with Crippen LogP contribution >= 0.6 is 0 Å². The molecule has 0 aliphatic carbocycles. The number of furan rings is 1. The molecule has 8 nitrogen and oxygen atoms in total. The van der Waals surface area contributed by atoms with Crippen molar-refractivity contribution < 1.29 is 9.34 Å². The van der Waals surface area contributed by atoms with E-state index in [2.05, 4.69) is 20.6 Å². The van der Waals surface area contributed by atoms with Crippen molar-refractivity contribution in [1.82, 2.24) is 9.97 Å². The molecule has 0 atom stereocenters. The zero-order chi connectivity index (χ0) is 14.4. The van der Waals surface area contributed by atoms with Crippen LogP contribution in [0.1, 0.15) is 12.7 Å². The van der Waals surface area contributed by atoms with Crippen molar-refractivity contribution in [3.63, 3.8) is 0 Å². The van der Waals surface area contributed by atoms with Crippen LogP contribution in [0.25, 0.3) is 0 Å². The molecule has 0 aromatic carbocycles. The van der Waals surface area contributed by atoms with Gasteiger partial charge in [0.1, 0.15) is 12.1 Å². The van der Waals surface area contributed by atoms with Gasteiger partial charge in [0.05, 0.1) is 11.2 Å². The lowest BCUT2D eigenvalue weighted by molar-refractivity contribution is -0.383. The highest BCUT2D eigenvalue weighted by atomic mass is 16.6. The third kappa shape index (κ3) is 3.22. The average molecular weight is 277 g/mol. The van der Waals surface area contributed by atoms with Crippen LogP contribution < -0.4 is 10.6 Å². The molecule has 0 aliphatic rings. The number of hydrogen-bond acceptors (Lipinski definition) is 7. The van der Waals surface area contributed by atoms with Crippen molar-refractivity contribution in [1.29, 1.82) is 0 Å². The summed E-state index contributed by atoms with van der Waals surface area (Å²) in [5, 5.41) is 16.9. The van der Waals surface area contributed by atoms with E-state index in [1.54, 1.807) is 12.3 Å². The number of rotatable bonds is 7. The van der Waals surface area contributed by atoms with E-state index in [1.807, 2.05) is 13.0 Å². The summed E-state index contributed by atoms with van der Waals surface area (Å²) in [5.74, 6) is 1.22. The Hall–Kier alpha value is -2.64. The minimum Gasteiger partial charge on any atom is -0.469 e. The van der Waals surface area contributed by atoms with E-state index in [9.17, 15) is 10.1 Å². The second-order valence-electron chi connectivity index (χ2n) is 3.96. The molecule has 0 saturated carbocycles. The zero-order valence-corrected chi connectivity index (χ0v) is 11.0. The third-order valence-electron chi connectivity index (χ3n) is 2.59. The number of nitrogens with zero attached hydrogens (tertiary/aromatic N) is 3. The van der Waals surface area contributed by atoms with Gasteiger partial charge in [0.15, 0.2) is 0 Å². The highest BCUT2D eigenvalue weighted by molar-refractivity contribution is 5.69. The first-order chi connectivity index (χ1) is 9.72. The molecule has 8 heteroatoms. The molecule has 2 aromatic heterocycles. The van der Waals surface area contributed by atoms with Gasteiger partial charge in [-0.05, 0) is 19.1 Å². The summed E-state index contributed by atoms with van der Waals surface area (Å²) >= 11 is 0. The summed E-state index contributed by atoms with van der Waals surface area (Å²) in [7, 11) is 0. The second kappa shape index (κ2) is 6.50. The van der Waals surface area contributed by atoms with E-state index in [0.29, 0.717) is 19.5 Å². The fourth-order valence-corrected chi connectivity index (χ4v) is 1.74. The number of hydrogen-bond donors (Lipinski definition) is 2. The van der Waals surface area contributed by atoms with Gasteiger partial charge in [-0.3, -0.25) is 10.1 Å². The molecule has 0 saturated heterocycles. The average Bonchev–Trinajstić information content (AvgIpc) is 2.92. The van der Waals surface area contributed by atoms with Crippen LogP contribution in [-0.4, -0.2) is 28.0 Å². The minimum atomic E-state index is -0.493. The van der Waals surface area contributed by atoms with E-state index in [-0.39, 0.29) is 17.3 Å². The molecule has 0 bridgehead atoms. The minimum absolute atomic E-state index is 0.145. The fourth-order valence-electron chi connectivity index (χ4n) is 1.74. The predicted octanol–water partition coefficient (Wildman–Crippen LogP) is 2.06. The molecular formula is C12H15N5O3. The maximum atomic E-state index is 11.1. The number of nitrogens with one attached hydrogen (secondary N) is 2. The molecule has 0 radical (unpaired) electrons. The lowest BCUT2D eigenvalue weighted by Gasteiger charge is -2.08. The highest BCUT2D eigenvalue weighted by Crippen LogP contribution is 2.28. The fraction of sp³-hybridized carbons (Fsp3) is 0.333. The molecule has 0 amide bonds. The van der Waals surface area contributed by atoms with Crippen LogP contribution in [0, 0.1) is 10.1 Å². The summed E-state index contributed by atoms with van der Waals surface area (Å²) in [4.78, 5) is 18.5. The molecule has 2 N–H and O–H groups in total. The maximum Gasteiger partial charge on any atom is 0.353 e. The summed E-state index contributed by atoms with van der Waals surface area (Å²) in [6.45, 7) is 2.87. The standard InChI is InChI=1S/C12H15N5O3/c1-2-13-11-10(17(18)19)12(16-8-15-11)14-6-5-9-4-3-7-20-9/h3-4,7-8H,2,5-6H2,1H3,(H2,13,14,15,16). The summed E-state index contributed by atoms with van der Waals surface area (Å²) in [6, 6.07) is 3.64. The van der Waals surface area contributed by atoms with Crippen molar-refractivity contribution in [2.75, 3.05) is 23.7 Å². The Morgan fingerprint density at radius 2 is 2.10 bits per heavy atom. The molecule has 20 heavy (non-hydrogen) atoms. The van der Waals surface area contributed by atoms with Gasteiger partial charge in [-0.2, -0.15) is 0 Å². The van der Waals surface area contributed by atoms with Gasteiger partial charge in [0, 0.05) is 19.5 Å². The first-order valence-corrected chi connectivity index (χ1v) is 6.22. The van der Waals surface area contributed by atoms with Gasteiger partial charge in [-0.1, -0.05) is 0 Å². The molecule has 0 spiro atoms. The van der Waals surface area contributed by atoms with E-state index < -0.39 is 4.92 Å². The number of aromatic nitrogens is 2. The van der Waals surface area contributed by atoms with Gasteiger partial charge >= 0.3 is 5.69 Å². The van der Waals surface area contributed by atoms with Crippen molar-refractivity contribution in [3.05, 3.63) is 40.6 Å². The van der Waals surface area contributed by atoms with Gasteiger partial charge in [-0.15, -0.1) is 0 Å². The van der Waals surface area contributed by atoms with Crippen LogP contribution in [-0.2, 0) is 6.42 Å². The van der Waals surface area contributed by atoms with Crippen molar-refractivity contribution in [3.8, 4) is 0 Å². The van der Waals surface area contributed by atoms with Gasteiger partial charge < -0.3 is 15.1 Å². The molecule has 0 unspecified atom stereocenters. The Balaban J connectivity index is 2.09. The van der Waals surface area contributed by atoms with Crippen molar-refractivity contribution in [2.24, 2.45) is 0 Å². The lowest BCUT2D eigenvalue weighted by Crippen LogP contribution is -2.11. The number of anilines is 2. The molecule has 2 rings (SSSR count). The van der Waals surface area contributed by atoms with Crippen LogP contribution in [0.4, 0.5) is 17.3 Å². The molecular weight excluding hydrogens is 262 g/mol. The first kappa shape index (κ1) is 13.8. The summed E-state index contributed by atoms with van der Waals surface area (Å²) in [6.07, 6.45) is 3.50. The Morgan fingerprint density at radius 1 is 1.35 bits per heavy atom. The van der Waals surface area contributed by atoms with Crippen LogP contribution in [0.2, 0.25) is 0 Å². The topological polar surface area (TPSA) is 106 Å². The largest absolute Gasteiger partial charge is 0.469 e. The lowest BCUT2D eigenvalue weighted by atomic mass is 10.3. The first-order valence-electron chi connectivity index (χ1n) is 6.22. The normalized spacial score (nSPS) is 10.2.